The fraction of sp³-hybridized carbons (Fsp3) is 0.500. The first kappa shape index (κ1) is 17.3. The molecule has 0 aromatic heterocycles. The maximum absolute atomic E-state index is 12.6. The second-order valence-electron chi connectivity index (χ2n) is 6.27. The van der Waals surface area contributed by atoms with E-state index in [4.69, 9.17) is 9.47 Å². The van der Waals surface area contributed by atoms with Gasteiger partial charge in [0.05, 0.1) is 16.6 Å². The Labute approximate surface area is 146 Å². The molecule has 7 heteroatoms. The maximum Gasteiger partial charge on any atom is 0.280 e. The van der Waals surface area contributed by atoms with Gasteiger partial charge in [0.25, 0.3) is 5.69 Å². The summed E-state index contributed by atoms with van der Waals surface area (Å²) in [5, 5.41) is 11.3. The summed E-state index contributed by atoms with van der Waals surface area (Å²) in [4.78, 5) is 25.2. The number of nitro groups is 1. The van der Waals surface area contributed by atoms with E-state index in [1.807, 2.05) is 11.8 Å². The van der Waals surface area contributed by atoms with Crippen molar-refractivity contribution in [3.63, 3.8) is 0 Å². The fourth-order valence-electron chi connectivity index (χ4n) is 3.48. The Hall–Kier alpha value is -2.57. The monoisotopic (exact) mass is 346 g/mol. The van der Waals surface area contributed by atoms with Gasteiger partial charge in [-0.2, -0.15) is 0 Å². The lowest BCUT2D eigenvalue weighted by atomic mass is 9.94. The molecule has 0 N–H and O–H groups in total. The number of hydrogen-bond acceptors (Lipinski definition) is 5. The zero-order valence-electron chi connectivity index (χ0n) is 14.3. The van der Waals surface area contributed by atoms with Gasteiger partial charge in [-0.1, -0.05) is 19.3 Å². The van der Waals surface area contributed by atoms with Gasteiger partial charge in [-0.05, 0) is 31.9 Å². The number of ether oxygens (including phenoxy) is 2. The number of carbonyl (C=O) groups excluding carboxylic acids is 1. The van der Waals surface area contributed by atoms with E-state index >= 15 is 0 Å². The number of amides is 1. The van der Waals surface area contributed by atoms with Crippen LogP contribution in [0.1, 0.15) is 44.6 Å². The lowest BCUT2D eigenvalue weighted by Crippen LogP contribution is -2.40. The summed E-state index contributed by atoms with van der Waals surface area (Å²) in [5.74, 6) is 0.700. The van der Waals surface area contributed by atoms with Crippen LogP contribution in [0.5, 0.6) is 11.5 Å². The maximum atomic E-state index is 12.6. The molecule has 1 aliphatic heterocycles. The highest BCUT2D eigenvalue weighted by Crippen LogP contribution is 2.38. The summed E-state index contributed by atoms with van der Waals surface area (Å²) in [5.41, 5.74) is 0.233. The van der Waals surface area contributed by atoms with E-state index in [1.165, 1.54) is 24.6 Å². The molecule has 1 fully saturated rings. The molecule has 0 bridgehead atoms. The smallest absolute Gasteiger partial charge is 0.280 e. The van der Waals surface area contributed by atoms with Crippen LogP contribution in [0.25, 0.3) is 6.08 Å². The molecule has 1 heterocycles. The summed E-state index contributed by atoms with van der Waals surface area (Å²) >= 11 is 0. The van der Waals surface area contributed by atoms with Gasteiger partial charge in [-0.25, -0.2) is 0 Å². The number of rotatable bonds is 5. The van der Waals surface area contributed by atoms with Crippen molar-refractivity contribution in [3.8, 4) is 11.5 Å². The lowest BCUT2D eigenvalue weighted by Gasteiger charge is -2.32. The minimum atomic E-state index is -0.481. The number of nitro benzene ring substituents is 1. The van der Waals surface area contributed by atoms with Crippen LogP contribution in [-0.4, -0.2) is 35.1 Å². The molecular formula is C18H22N2O5. The molecular weight excluding hydrogens is 324 g/mol. The van der Waals surface area contributed by atoms with Crippen molar-refractivity contribution in [2.75, 3.05) is 13.3 Å². The summed E-state index contributed by atoms with van der Waals surface area (Å²) in [7, 11) is 0. The highest BCUT2D eigenvalue weighted by Gasteiger charge is 2.24. The highest BCUT2D eigenvalue weighted by atomic mass is 16.7. The molecule has 134 valence electrons. The molecule has 1 aliphatic carbocycles. The normalized spacial score (nSPS) is 17.0. The Bertz CT molecular complexity index is 695. The lowest BCUT2D eigenvalue weighted by molar-refractivity contribution is -0.385. The van der Waals surface area contributed by atoms with Crippen LogP contribution in [0.4, 0.5) is 5.69 Å². The summed E-state index contributed by atoms with van der Waals surface area (Å²) in [6.07, 6.45) is 8.48. The Morgan fingerprint density at radius 3 is 2.60 bits per heavy atom. The van der Waals surface area contributed by atoms with Crippen LogP contribution in [0, 0.1) is 10.1 Å². The molecule has 0 atom stereocenters. The average Bonchev–Trinajstić information content (AvgIpc) is 3.08. The van der Waals surface area contributed by atoms with Crippen LogP contribution < -0.4 is 9.47 Å². The van der Waals surface area contributed by atoms with Crippen LogP contribution in [0.3, 0.4) is 0 Å². The van der Waals surface area contributed by atoms with Crippen molar-refractivity contribution in [2.45, 2.75) is 45.1 Å². The van der Waals surface area contributed by atoms with Crippen LogP contribution in [-0.2, 0) is 4.79 Å². The molecule has 1 saturated carbocycles. The van der Waals surface area contributed by atoms with Crippen LogP contribution in [0.2, 0.25) is 0 Å². The second-order valence-corrected chi connectivity index (χ2v) is 6.27. The van der Waals surface area contributed by atoms with Crippen molar-refractivity contribution in [2.24, 2.45) is 0 Å². The molecule has 7 nitrogen and oxygen atoms in total. The molecule has 1 amide bonds. The molecule has 1 aromatic rings. The number of fused-ring (bicyclic) bond motifs is 1. The first-order valence-corrected chi connectivity index (χ1v) is 8.67. The quantitative estimate of drug-likeness (QED) is 0.463. The van der Waals surface area contributed by atoms with Crippen molar-refractivity contribution in [1.29, 1.82) is 0 Å². The van der Waals surface area contributed by atoms with Crippen molar-refractivity contribution < 1.29 is 19.2 Å². The standard InChI is InChI=1S/C18H22N2O5/c1-2-19(14-6-4-3-5-7-14)18(21)9-8-13-10-16-17(25-12-24-16)11-15(13)20(22)23/h8-11,14H,2-7,12H2,1H3/b9-8+. The topological polar surface area (TPSA) is 81.9 Å². The predicted octanol–water partition coefficient (Wildman–Crippen LogP) is 3.52. The SMILES string of the molecule is CCN(C(=O)/C=C/c1cc2c(cc1[N+](=O)[O-])OCO2)C1CCCCC1. The third kappa shape index (κ3) is 3.75. The van der Waals surface area contributed by atoms with Crippen molar-refractivity contribution in [1.82, 2.24) is 4.90 Å². The van der Waals surface area contributed by atoms with E-state index in [0.717, 1.165) is 25.7 Å². The van der Waals surface area contributed by atoms with E-state index in [-0.39, 0.29) is 24.4 Å². The molecule has 0 radical (unpaired) electrons. The zero-order valence-corrected chi connectivity index (χ0v) is 14.3. The molecule has 2 aliphatic rings. The van der Waals surface area contributed by atoms with Crippen molar-refractivity contribution in [3.05, 3.63) is 33.9 Å². The minimum Gasteiger partial charge on any atom is -0.454 e. The van der Waals surface area contributed by atoms with Crippen LogP contribution >= 0.6 is 0 Å². The van der Waals surface area contributed by atoms with Gasteiger partial charge in [0.2, 0.25) is 12.7 Å². The Morgan fingerprint density at radius 2 is 1.96 bits per heavy atom. The molecule has 25 heavy (non-hydrogen) atoms. The largest absolute Gasteiger partial charge is 0.454 e. The van der Waals surface area contributed by atoms with Gasteiger partial charge in [0, 0.05) is 18.7 Å². The third-order valence-corrected chi connectivity index (χ3v) is 4.76. The number of likely N-dealkylation sites (N-methyl/N-ethyl adjacent to an activating group) is 1. The van der Waals surface area contributed by atoms with Gasteiger partial charge in [0.15, 0.2) is 11.5 Å². The first-order chi connectivity index (χ1) is 12.1. The molecule has 0 unspecified atom stereocenters. The Kier molecular flexibility index (Phi) is 5.21. The first-order valence-electron chi connectivity index (χ1n) is 8.67. The molecule has 3 rings (SSSR count). The number of nitrogens with zero attached hydrogens (tertiary/aromatic N) is 2. The summed E-state index contributed by atoms with van der Waals surface area (Å²) < 4.78 is 10.4. The number of benzene rings is 1. The van der Waals surface area contributed by atoms with E-state index < -0.39 is 4.92 Å². The third-order valence-electron chi connectivity index (χ3n) is 4.76. The van der Waals surface area contributed by atoms with E-state index in [1.54, 1.807) is 6.07 Å². The van der Waals surface area contributed by atoms with Gasteiger partial charge in [0.1, 0.15) is 0 Å². The zero-order chi connectivity index (χ0) is 17.8. The second kappa shape index (κ2) is 7.55. The summed E-state index contributed by atoms with van der Waals surface area (Å²) in [6.45, 7) is 2.64. The van der Waals surface area contributed by atoms with Gasteiger partial charge in [-0.3, -0.25) is 14.9 Å². The molecule has 0 saturated heterocycles. The molecule has 0 spiro atoms. The van der Waals surface area contributed by atoms with Crippen molar-refractivity contribution >= 4 is 17.7 Å². The van der Waals surface area contributed by atoms with Gasteiger partial charge >= 0.3 is 0 Å². The number of carbonyl (C=O) groups is 1. The minimum absolute atomic E-state index is 0.0455. The van der Waals surface area contributed by atoms with Gasteiger partial charge < -0.3 is 14.4 Å². The van der Waals surface area contributed by atoms with E-state index in [9.17, 15) is 14.9 Å². The Morgan fingerprint density at radius 1 is 1.28 bits per heavy atom. The number of hydrogen-bond donors (Lipinski definition) is 0. The van der Waals surface area contributed by atoms with Gasteiger partial charge in [-0.15, -0.1) is 0 Å². The predicted molar refractivity (Wildman–Crippen MR) is 92.5 cm³/mol. The molecule has 1 aromatic carbocycles. The van der Waals surface area contributed by atoms with Crippen LogP contribution in [0.15, 0.2) is 18.2 Å². The Balaban J connectivity index is 1.80. The summed E-state index contributed by atoms with van der Waals surface area (Å²) in [6, 6.07) is 3.15. The van der Waals surface area contributed by atoms with E-state index in [0.29, 0.717) is 23.6 Å². The van der Waals surface area contributed by atoms with E-state index in [2.05, 4.69) is 0 Å². The average molecular weight is 346 g/mol. The highest BCUT2D eigenvalue weighted by molar-refractivity contribution is 5.92. The fourth-order valence-corrected chi connectivity index (χ4v) is 3.48.